The predicted molar refractivity (Wildman–Crippen MR) is 89.2 cm³/mol. The van der Waals surface area contributed by atoms with E-state index in [0.717, 1.165) is 18.4 Å². The molecule has 2 bridgehead atoms. The van der Waals surface area contributed by atoms with E-state index < -0.39 is 11.7 Å². The minimum atomic E-state index is -4.32. The molecule has 0 aromatic heterocycles. The lowest BCUT2D eigenvalue weighted by Gasteiger charge is -2.38. The molecule has 136 valence electrons. The van der Waals surface area contributed by atoms with Crippen LogP contribution in [0.15, 0.2) is 24.3 Å². The summed E-state index contributed by atoms with van der Waals surface area (Å²) in [5, 5.41) is 0. The van der Waals surface area contributed by atoms with Crippen LogP contribution in [0, 0.1) is 17.8 Å². The molecule has 3 aliphatic rings. The number of fused-ring (bicyclic) bond motifs is 2. The highest BCUT2D eigenvalue weighted by Gasteiger charge is 2.44. The molecule has 6 heteroatoms. The Labute approximate surface area is 145 Å². The molecule has 1 aromatic rings. The van der Waals surface area contributed by atoms with Crippen molar-refractivity contribution in [2.24, 2.45) is 17.8 Å². The number of hydrogen-bond donors (Lipinski definition) is 0. The molecule has 25 heavy (non-hydrogen) atoms. The average Bonchev–Trinajstić information content (AvgIpc) is 3.24. The van der Waals surface area contributed by atoms with Crippen molar-refractivity contribution < 1.29 is 18.0 Å². The van der Waals surface area contributed by atoms with Crippen molar-refractivity contribution in [1.82, 2.24) is 4.90 Å². The molecular weight excluding hydrogens is 329 g/mol. The summed E-state index contributed by atoms with van der Waals surface area (Å²) in [5.74, 6) is 1.78. The zero-order valence-corrected chi connectivity index (χ0v) is 14.1. The molecule has 3 nitrogen and oxygen atoms in total. The van der Waals surface area contributed by atoms with Crippen LogP contribution in [0.3, 0.4) is 0 Å². The highest BCUT2D eigenvalue weighted by Crippen LogP contribution is 2.49. The van der Waals surface area contributed by atoms with Gasteiger partial charge >= 0.3 is 6.18 Å². The van der Waals surface area contributed by atoms with E-state index in [4.69, 9.17) is 0 Å². The van der Waals surface area contributed by atoms with Gasteiger partial charge < -0.3 is 9.80 Å². The summed E-state index contributed by atoms with van der Waals surface area (Å²) in [5.41, 5.74) is -0.0349. The van der Waals surface area contributed by atoms with E-state index in [2.05, 4.69) is 0 Å². The summed E-state index contributed by atoms with van der Waals surface area (Å²) in [4.78, 5) is 16.6. The normalized spacial score (nSPS) is 29.3. The van der Waals surface area contributed by atoms with Gasteiger partial charge in [-0.3, -0.25) is 4.79 Å². The number of alkyl halides is 3. The van der Waals surface area contributed by atoms with Gasteiger partial charge in [0.1, 0.15) is 0 Å². The SMILES string of the molecule is O=C([C@H]1C[C@H]2CC[C@@H]1C2)N1CCN(c2cccc(C(F)(F)F)c2)CC1. The quantitative estimate of drug-likeness (QED) is 0.808. The van der Waals surface area contributed by atoms with Crippen LogP contribution < -0.4 is 4.90 Å². The lowest BCUT2D eigenvalue weighted by atomic mass is 9.87. The van der Waals surface area contributed by atoms with Gasteiger partial charge in [0.2, 0.25) is 5.91 Å². The van der Waals surface area contributed by atoms with E-state index in [9.17, 15) is 18.0 Å². The summed E-state index contributed by atoms with van der Waals surface area (Å²) in [6.07, 6.45) is 0.385. The van der Waals surface area contributed by atoms with E-state index in [0.29, 0.717) is 37.8 Å². The second-order valence-electron chi connectivity index (χ2n) is 7.64. The number of benzene rings is 1. The van der Waals surface area contributed by atoms with Crippen LogP contribution in [0.2, 0.25) is 0 Å². The molecule has 1 saturated heterocycles. The fraction of sp³-hybridized carbons (Fsp3) is 0.632. The largest absolute Gasteiger partial charge is 0.416 e. The maximum atomic E-state index is 12.9. The second kappa shape index (κ2) is 6.22. The molecule has 1 aromatic carbocycles. The number of hydrogen-bond acceptors (Lipinski definition) is 2. The molecule has 0 N–H and O–H groups in total. The Kier molecular flexibility index (Phi) is 4.16. The molecule has 0 unspecified atom stereocenters. The topological polar surface area (TPSA) is 23.6 Å². The molecule has 1 aliphatic heterocycles. The van der Waals surface area contributed by atoms with Gasteiger partial charge in [-0.05, 0) is 49.3 Å². The zero-order chi connectivity index (χ0) is 17.6. The number of carbonyl (C=O) groups is 1. The number of anilines is 1. The zero-order valence-electron chi connectivity index (χ0n) is 14.1. The Morgan fingerprint density at radius 2 is 1.80 bits per heavy atom. The van der Waals surface area contributed by atoms with Gasteiger partial charge in [0.15, 0.2) is 0 Å². The molecule has 3 fully saturated rings. The summed E-state index contributed by atoms with van der Waals surface area (Å²) < 4.78 is 38.6. The second-order valence-corrected chi connectivity index (χ2v) is 7.64. The monoisotopic (exact) mass is 352 g/mol. The van der Waals surface area contributed by atoms with Gasteiger partial charge in [0.25, 0.3) is 0 Å². The van der Waals surface area contributed by atoms with E-state index in [1.807, 2.05) is 9.80 Å². The predicted octanol–water partition coefficient (Wildman–Crippen LogP) is 3.79. The molecule has 2 aliphatic carbocycles. The van der Waals surface area contributed by atoms with E-state index in [1.54, 1.807) is 6.07 Å². The van der Waals surface area contributed by atoms with Crippen molar-refractivity contribution >= 4 is 11.6 Å². The first-order chi connectivity index (χ1) is 11.9. The number of piperazine rings is 1. The van der Waals surface area contributed by atoms with Crippen LogP contribution >= 0.6 is 0 Å². The molecule has 0 radical (unpaired) electrons. The Morgan fingerprint density at radius 3 is 2.40 bits per heavy atom. The van der Waals surface area contributed by atoms with Crippen molar-refractivity contribution in [2.75, 3.05) is 31.1 Å². The third-order valence-electron chi connectivity index (χ3n) is 6.19. The number of rotatable bonds is 2. The fourth-order valence-electron chi connectivity index (χ4n) is 4.85. The standard InChI is InChI=1S/C19H23F3N2O/c20-19(21,22)15-2-1-3-16(12-15)23-6-8-24(9-7-23)18(25)17-11-13-4-5-14(17)10-13/h1-3,12-14,17H,4-11H2/t13-,14+,17-/m0/s1. The molecule has 1 amide bonds. The smallest absolute Gasteiger partial charge is 0.368 e. The fourth-order valence-corrected chi connectivity index (χ4v) is 4.85. The summed E-state index contributed by atoms with van der Waals surface area (Å²) >= 11 is 0. The number of nitrogens with zero attached hydrogens (tertiary/aromatic N) is 2. The van der Waals surface area contributed by atoms with Crippen LogP contribution in [0.4, 0.5) is 18.9 Å². The molecule has 2 saturated carbocycles. The van der Waals surface area contributed by atoms with Crippen molar-refractivity contribution in [3.05, 3.63) is 29.8 Å². The van der Waals surface area contributed by atoms with Crippen molar-refractivity contribution in [1.29, 1.82) is 0 Å². The third kappa shape index (κ3) is 3.23. The van der Waals surface area contributed by atoms with E-state index in [-0.39, 0.29) is 11.8 Å². The van der Waals surface area contributed by atoms with Gasteiger partial charge in [0, 0.05) is 37.8 Å². The van der Waals surface area contributed by atoms with Crippen LogP contribution in [-0.4, -0.2) is 37.0 Å². The Bertz CT molecular complexity index is 652. The summed E-state index contributed by atoms with van der Waals surface area (Å²) in [7, 11) is 0. The third-order valence-corrected chi connectivity index (χ3v) is 6.19. The number of carbonyl (C=O) groups excluding carboxylic acids is 1. The first-order valence-corrected chi connectivity index (χ1v) is 9.13. The van der Waals surface area contributed by atoms with Crippen molar-refractivity contribution in [2.45, 2.75) is 31.9 Å². The highest BCUT2D eigenvalue weighted by atomic mass is 19.4. The molecule has 4 rings (SSSR count). The van der Waals surface area contributed by atoms with Crippen LogP contribution in [0.5, 0.6) is 0 Å². The minimum Gasteiger partial charge on any atom is -0.368 e. The highest BCUT2D eigenvalue weighted by molar-refractivity contribution is 5.80. The maximum Gasteiger partial charge on any atom is 0.416 e. The first-order valence-electron chi connectivity index (χ1n) is 9.13. The lowest BCUT2D eigenvalue weighted by Crippen LogP contribution is -2.51. The summed E-state index contributed by atoms with van der Waals surface area (Å²) in [6.45, 7) is 2.38. The van der Waals surface area contributed by atoms with E-state index in [1.165, 1.54) is 31.4 Å². The lowest BCUT2D eigenvalue weighted by molar-refractivity contribution is -0.138. The van der Waals surface area contributed by atoms with Gasteiger partial charge in [-0.25, -0.2) is 0 Å². The van der Waals surface area contributed by atoms with Crippen molar-refractivity contribution in [3.63, 3.8) is 0 Å². The number of amides is 1. The van der Waals surface area contributed by atoms with Crippen LogP contribution in [0.25, 0.3) is 0 Å². The Balaban J connectivity index is 1.38. The molecule has 3 atom stereocenters. The van der Waals surface area contributed by atoms with Gasteiger partial charge in [-0.1, -0.05) is 12.5 Å². The summed E-state index contributed by atoms with van der Waals surface area (Å²) in [6, 6.07) is 5.46. The van der Waals surface area contributed by atoms with Gasteiger partial charge in [-0.15, -0.1) is 0 Å². The molecular formula is C19H23F3N2O. The van der Waals surface area contributed by atoms with Gasteiger partial charge in [-0.2, -0.15) is 13.2 Å². The maximum absolute atomic E-state index is 12.9. The van der Waals surface area contributed by atoms with Crippen LogP contribution in [0.1, 0.15) is 31.2 Å². The molecule has 0 spiro atoms. The Hall–Kier alpha value is -1.72. The molecule has 1 heterocycles. The van der Waals surface area contributed by atoms with Gasteiger partial charge in [0.05, 0.1) is 5.56 Å². The number of halogens is 3. The minimum absolute atomic E-state index is 0.193. The first kappa shape index (κ1) is 16.7. The van der Waals surface area contributed by atoms with Crippen molar-refractivity contribution in [3.8, 4) is 0 Å². The van der Waals surface area contributed by atoms with E-state index >= 15 is 0 Å². The Morgan fingerprint density at radius 1 is 1.04 bits per heavy atom. The van der Waals surface area contributed by atoms with Crippen LogP contribution in [-0.2, 0) is 11.0 Å². The average molecular weight is 352 g/mol.